The van der Waals surface area contributed by atoms with Crippen molar-refractivity contribution in [2.24, 2.45) is 5.92 Å². The maximum absolute atomic E-state index is 12.2. The van der Waals surface area contributed by atoms with E-state index in [1.54, 1.807) is 6.20 Å². The molecule has 3 aromatic heterocycles. The van der Waals surface area contributed by atoms with Crippen molar-refractivity contribution in [1.29, 1.82) is 0 Å². The lowest BCUT2D eigenvalue weighted by Gasteiger charge is -2.08. The maximum atomic E-state index is 12.2. The quantitative estimate of drug-likeness (QED) is 0.598. The first-order chi connectivity index (χ1) is 13.2. The maximum Gasteiger partial charge on any atom is 0.228 e. The van der Waals surface area contributed by atoms with Crippen LogP contribution in [0.2, 0.25) is 0 Å². The number of aromatic amines is 1. The van der Waals surface area contributed by atoms with E-state index in [1.165, 1.54) is 0 Å². The summed E-state index contributed by atoms with van der Waals surface area (Å²) < 4.78 is 5.67. The summed E-state index contributed by atoms with van der Waals surface area (Å²) in [4.78, 5) is 24.5. The third-order valence-corrected chi connectivity index (χ3v) is 4.65. The molecular weight excluding hydrogens is 342 g/mol. The Kier molecular flexibility index (Phi) is 4.77. The number of nitrogens with one attached hydrogen (secondary N) is 3. The lowest BCUT2D eigenvalue weighted by molar-refractivity contribution is -0.117. The van der Waals surface area contributed by atoms with Crippen molar-refractivity contribution in [2.75, 3.05) is 19.0 Å². The molecule has 1 aliphatic carbocycles. The molecule has 27 heavy (non-hydrogen) atoms. The minimum absolute atomic E-state index is 0.0395. The normalized spacial score (nSPS) is 13.7. The van der Waals surface area contributed by atoms with Gasteiger partial charge in [0.15, 0.2) is 5.82 Å². The molecule has 3 N–H and O–H groups in total. The van der Waals surface area contributed by atoms with Gasteiger partial charge in [0.1, 0.15) is 0 Å². The Morgan fingerprint density at radius 1 is 1.37 bits per heavy atom. The Bertz CT molecular complexity index is 978. The lowest BCUT2D eigenvalue weighted by Crippen LogP contribution is -2.15. The van der Waals surface area contributed by atoms with E-state index in [1.807, 2.05) is 32.3 Å². The van der Waals surface area contributed by atoms with Crippen LogP contribution in [-0.2, 0) is 11.3 Å². The van der Waals surface area contributed by atoms with Gasteiger partial charge in [0.25, 0.3) is 0 Å². The Labute approximate surface area is 157 Å². The van der Waals surface area contributed by atoms with Gasteiger partial charge < -0.3 is 20.4 Å². The Balaban J connectivity index is 1.81. The van der Waals surface area contributed by atoms with Gasteiger partial charge in [-0.05, 0) is 50.6 Å². The van der Waals surface area contributed by atoms with Gasteiger partial charge in [-0.15, -0.1) is 0 Å². The first kappa shape index (κ1) is 17.5. The number of carbonyl (C=O) groups excluding carboxylic acids is 1. The number of carbonyl (C=O) groups is 1. The van der Waals surface area contributed by atoms with Crippen LogP contribution in [0.1, 0.15) is 25.3 Å². The van der Waals surface area contributed by atoms with Crippen LogP contribution in [0.4, 0.5) is 5.82 Å². The molecule has 0 radical (unpaired) electrons. The van der Waals surface area contributed by atoms with Gasteiger partial charge in [0.05, 0.1) is 23.4 Å². The summed E-state index contributed by atoms with van der Waals surface area (Å²) in [7, 11) is 1.90. The Morgan fingerprint density at radius 3 is 2.96 bits per heavy atom. The van der Waals surface area contributed by atoms with Crippen LogP contribution in [0.25, 0.3) is 22.2 Å². The zero-order chi connectivity index (χ0) is 18.8. The monoisotopic (exact) mass is 365 g/mol. The molecule has 0 aliphatic heterocycles. The second-order valence-electron chi connectivity index (χ2n) is 6.69. The number of rotatable bonds is 7. The van der Waals surface area contributed by atoms with Crippen molar-refractivity contribution < 1.29 is 9.53 Å². The highest BCUT2D eigenvalue weighted by Crippen LogP contribution is 2.35. The molecule has 0 saturated heterocycles. The molecule has 7 nitrogen and oxygen atoms in total. The standard InChI is InChI=1S/C20H23N5O2/c1-3-27-20-14(5-4-8-22-20)16-9-15-13(10-21-2)11-23-18(17(15)24-16)25-19(26)12-6-7-12/h4-5,8-9,11-12,21,24H,3,6-7,10H2,1-2H3,(H,23,25,26). The number of hydrogen-bond acceptors (Lipinski definition) is 5. The summed E-state index contributed by atoms with van der Waals surface area (Å²) in [5, 5.41) is 7.16. The fraction of sp³-hybridized carbons (Fsp3) is 0.350. The molecule has 1 amide bonds. The SMILES string of the molecule is CCOc1ncccc1-c1cc2c(CNC)cnc(NC(=O)C3CC3)c2[nH]1. The molecule has 0 aromatic carbocycles. The van der Waals surface area contributed by atoms with Crippen molar-refractivity contribution in [3.05, 3.63) is 36.2 Å². The second kappa shape index (κ2) is 7.36. The van der Waals surface area contributed by atoms with E-state index in [2.05, 4.69) is 31.7 Å². The molecule has 1 fully saturated rings. The molecule has 1 saturated carbocycles. The molecule has 140 valence electrons. The first-order valence-corrected chi connectivity index (χ1v) is 9.25. The number of amides is 1. The fourth-order valence-electron chi connectivity index (χ4n) is 3.15. The van der Waals surface area contributed by atoms with Crippen molar-refractivity contribution in [2.45, 2.75) is 26.3 Å². The van der Waals surface area contributed by atoms with Crippen molar-refractivity contribution in [3.63, 3.8) is 0 Å². The molecule has 3 aromatic rings. The zero-order valence-corrected chi connectivity index (χ0v) is 15.5. The van der Waals surface area contributed by atoms with Gasteiger partial charge in [-0.3, -0.25) is 4.79 Å². The number of H-pyrrole nitrogens is 1. The molecule has 3 heterocycles. The van der Waals surface area contributed by atoms with Gasteiger partial charge in [0, 0.05) is 30.2 Å². The molecule has 0 atom stereocenters. The number of pyridine rings is 2. The molecule has 7 heteroatoms. The molecule has 4 rings (SSSR count). The van der Waals surface area contributed by atoms with Gasteiger partial charge in [-0.1, -0.05) is 0 Å². The highest BCUT2D eigenvalue weighted by molar-refractivity contribution is 6.02. The van der Waals surface area contributed by atoms with E-state index in [0.29, 0.717) is 24.8 Å². The summed E-state index contributed by atoms with van der Waals surface area (Å²) >= 11 is 0. The van der Waals surface area contributed by atoms with Gasteiger partial charge >= 0.3 is 0 Å². The van der Waals surface area contributed by atoms with Gasteiger partial charge in [0.2, 0.25) is 11.8 Å². The summed E-state index contributed by atoms with van der Waals surface area (Å²) in [5.41, 5.74) is 3.64. The van der Waals surface area contributed by atoms with Crippen LogP contribution in [0.3, 0.4) is 0 Å². The predicted molar refractivity (Wildman–Crippen MR) is 105 cm³/mol. The highest BCUT2D eigenvalue weighted by Gasteiger charge is 2.30. The van der Waals surface area contributed by atoms with E-state index in [4.69, 9.17) is 4.74 Å². The number of hydrogen-bond donors (Lipinski definition) is 3. The molecule has 0 unspecified atom stereocenters. The van der Waals surface area contributed by atoms with Crippen LogP contribution in [0.15, 0.2) is 30.6 Å². The Hall–Kier alpha value is -2.93. The minimum Gasteiger partial charge on any atom is -0.477 e. The van der Waals surface area contributed by atoms with E-state index in [9.17, 15) is 4.79 Å². The van der Waals surface area contributed by atoms with Crippen LogP contribution in [0.5, 0.6) is 5.88 Å². The minimum atomic E-state index is 0.0395. The summed E-state index contributed by atoms with van der Waals surface area (Å²) in [6.45, 7) is 3.16. The van der Waals surface area contributed by atoms with Crippen LogP contribution in [-0.4, -0.2) is 34.5 Å². The largest absolute Gasteiger partial charge is 0.477 e. The van der Waals surface area contributed by atoms with Gasteiger partial charge in [-0.25, -0.2) is 9.97 Å². The highest BCUT2D eigenvalue weighted by atomic mass is 16.5. The predicted octanol–water partition coefficient (Wildman–Crippen LogP) is 3.09. The third-order valence-electron chi connectivity index (χ3n) is 4.65. The first-order valence-electron chi connectivity index (χ1n) is 9.25. The third kappa shape index (κ3) is 3.50. The van der Waals surface area contributed by atoms with Crippen molar-refractivity contribution in [1.82, 2.24) is 20.3 Å². The number of aromatic nitrogens is 3. The van der Waals surface area contributed by atoms with E-state index >= 15 is 0 Å². The zero-order valence-electron chi connectivity index (χ0n) is 15.5. The van der Waals surface area contributed by atoms with Crippen LogP contribution >= 0.6 is 0 Å². The summed E-state index contributed by atoms with van der Waals surface area (Å²) in [6.07, 6.45) is 5.43. The fourth-order valence-corrected chi connectivity index (χ4v) is 3.15. The molecular formula is C20H23N5O2. The van der Waals surface area contributed by atoms with Gasteiger partial charge in [-0.2, -0.15) is 0 Å². The molecule has 0 bridgehead atoms. The van der Waals surface area contributed by atoms with Crippen LogP contribution in [0, 0.1) is 5.92 Å². The number of fused-ring (bicyclic) bond motifs is 1. The average Bonchev–Trinajstić information content (AvgIpc) is 3.43. The smallest absolute Gasteiger partial charge is 0.228 e. The number of nitrogens with zero attached hydrogens (tertiary/aromatic N) is 2. The second-order valence-corrected chi connectivity index (χ2v) is 6.69. The summed E-state index contributed by atoms with van der Waals surface area (Å²) in [6, 6.07) is 5.91. The van der Waals surface area contributed by atoms with Crippen molar-refractivity contribution >= 4 is 22.6 Å². The molecule has 0 spiro atoms. The molecule has 1 aliphatic rings. The number of ether oxygens (including phenoxy) is 1. The average molecular weight is 365 g/mol. The topological polar surface area (TPSA) is 91.9 Å². The lowest BCUT2D eigenvalue weighted by atomic mass is 10.1. The van der Waals surface area contributed by atoms with E-state index in [-0.39, 0.29) is 11.8 Å². The Morgan fingerprint density at radius 2 is 2.22 bits per heavy atom. The number of anilines is 1. The van der Waals surface area contributed by atoms with E-state index < -0.39 is 0 Å². The van der Waals surface area contributed by atoms with Crippen LogP contribution < -0.4 is 15.4 Å². The van der Waals surface area contributed by atoms with Crippen molar-refractivity contribution in [3.8, 4) is 17.1 Å². The van der Waals surface area contributed by atoms with E-state index in [0.717, 1.165) is 40.6 Å². The summed E-state index contributed by atoms with van der Waals surface area (Å²) in [5.74, 6) is 1.31.